The van der Waals surface area contributed by atoms with E-state index in [2.05, 4.69) is 9.97 Å². The molecule has 0 fully saturated rings. The zero-order valence-corrected chi connectivity index (χ0v) is 16.5. The van der Waals surface area contributed by atoms with Crippen LogP contribution in [0.5, 0.6) is 0 Å². The summed E-state index contributed by atoms with van der Waals surface area (Å²) in [5.74, 6) is -1.53. The number of nitrogens with two attached hydrogens (primary N) is 1. The number of nitrogens with one attached hydrogen (secondary N) is 1. The van der Waals surface area contributed by atoms with Crippen LogP contribution in [0.25, 0.3) is 22.5 Å². The van der Waals surface area contributed by atoms with E-state index >= 15 is 0 Å². The third kappa shape index (κ3) is 4.04. The monoisotopic (exact) mass is 463 g/mol. The Morgan fingerprint density at radius 1 is 0.839 bits per heavy atom. The normalized spacial score (nSPS) is 13.4. The van der Waals surface area contributed by atoms with Crippen molar-refractivity contribution >= 4 is 9.84 Å². The lowest BCUT2D eigenvalue weighted by Gasteiger charge is -2.31. The Labute approximate surface area is 172 Å². The Morgan fingerprint density at radius 2 is 1.35 bits per heavy atom. The van der Waals surface area contributed by atoms with Crippen molar-refractivity contribution < 1.29 is 34.8 Å². The van der Waals surface area contributed by atoms with Gasteiger partial charge in [0.05, 0.1) is 16.3 Å². The molecule has 0 bridgehead atoms. The smallest absolute Gasteiger partial charge is 0.339 e. The summed E-state index contributed by atoms with van der Waals surface area (Å²) in [5, 5.41) is 0. The molecular weight excluding hydrogens is 448 g/mol. The van der Waals surface area contributed by atoms with Gasteiger partial charge in [-0.1, -0.05) is 42.5 Å². The van der Waals surface area contributed by atoms with Gasteiger partial charge in [0.1, 0.15) is 5.82 Å². The van der Waals surface area contributed by atoms with Crippen LogP contribution in [0.15, 0.2) is 59.5 Å². The van der Waals surface area contributed by atoms with Crippen LogP contribution in [-0.4, -0.2) is 37.0 Å². The van der Waals surface area contributed by atoms with Gasteiger partial charge in [0, 0.05) is 17.4 Å². The molecule has 0 unspecified atom stereocenters. The van der Waals surface area contributed by atoms with Crippen LogP contribution in [0, 0.1) is 0 Å². The van der Waals surface area contributed by atoms with Gasteiger partial charge in [-0.2, -0.15) is 26.3 Å². The average Bonchev–Trinajstić information content (AvgIpc) is 3.11. The molecule has 0 spiro atoms. The van der Waals surface area contributed by atoms with Crippen LogP contribution < -0.4 is 5.73 Å². The molecule has 3 aromatic rings. The highest BCUT2D eigenvalue weighted by Gasteiger charge is 2.71. The van der Waals surface area contributed by atoms with Gasteiger partial charge >= 0.3 is 12.4 Å². The fraction of sp³-hybridized carbons (Fsp3) is 0.211. The van der Waals surface area contributed by atoms with Crippen molar-refractivity contribution in [1.82, 2.24) is 9.97 Å². The molecule has 1 heterocycles. The lowest BCUT2D eigenvalue weighted by Crippen LogP contribution is -2.61. The Bertz CT molecular complexity index is 1170. The van der Waals surface area contributed by atoms with Gasteiger partial charge < -0.3 is 10.7 Å². The highest BCUT2D eigenvalue weighted by atomic mass is 32.2. The molecule has 5 nitrogen and oxygen atoms in total. The maximum absolute atomic E-state index is 13.4. The average molecular weight is 463 g/mol. The summed E-state index contributed by atoms with van der Waals surface area (Å²) in [7, 11) is -3.56. The van der Waals surface area contributed by atoms with Gasteiger partial charge in [0.15, 0.2) is 9.84 Å². The van der Waals surface area contributed by atoms with Crippen LogP contribution in [-0.2, 0) is 15.4 Å². The van der Waals surface area contributed by atoms with Crippen LogP contribution in [0.3, 0.4) is 0 Å². The number of alkyl halides is 6. The molecule has 0 atom stereocenters. The van der Waals surface area contributed by atoms with E-state index in [1.54, 1.807) is 6.07 Å². The minimum absolute atomic E-state index is 0.0731. The van der Waals surface area contributed by atoms with Gasteiger partial charge in [-0.3, -0.25) is 0 Å². The predicted molar refractivity (Wildman–Crippen MR) is 101 cm³/mol. The lowest BCUT2D eigenvalue weighted by molar-refractivity contribution is -0.304. The lowest BCUT2D eigenvalue weighted by atomic mass is 9.98. The summed E-state index contributed by atoms with van der Waals surface area (Å²) < 4.78 is 104. The molecule has 0 aliphatic carbocycles. The van der Waals surface area contributed by atoms with Gasteiger partial charge in [0.25, 0.3) is 5.54 Å². The van der Waals surface area contributed by atoms with Crippen molar-refractivity contribution in [3.05, 3.63) is 60.4 Å². The van der Waals surface area contributed by atoms with Gasteiger partial charge in [0.2, 0.25) is 0 Å². The number of halogens is 6. The molecule has 0 radical (unpaired) electrons. The van der Waals surface area contributed by atoms with E-state index in [1.165, 1.54) is 48.5 Å². The number of aromatic nitrogens is 2. The van der Waals surface area contributed by atoms with Crippen molar-refractivity contribution in [2.24, 2.45) is 5.73 Å². The molecular formula is C19H15F6N3O2S. The van der Waals surface area contributed by atoms with Crippen molar-refractivity contribution in [2.45, 2.75) is 22.8 Å². The molecule has 0 aliphatic heterocycles. The Balaban J connectivity index is 2.28. The fourth-order valence-electron chi connectivity index (χ4n) is 2.87. The van der Waals surface area contributed by atoms with Gasteiger partial charge in [-0.05, 0) is 12.1 Å². The number of imidazole rings is 1. The summed E-state index contributed by atoms with van der Waals surface area (Å²) in [6.07, 6.45) is -10.8. The topological polar surface area (TPSA) is 88.8 Å². The summed E-state index contributed by atoms with van der Waals surface area (Å²) in [6, 6.07) is 12.4. The zero-order chi connectivity index (χ0) is 23.2. The van der Waals surface area contributed by atoms with E-state index in [4.69, 9.17) is 5.73 Å². The quantitative estimate of drug-likeness (QED) is 0.561. The third-order valence-electron chi connectivity index (χ3n) is 4.59. The standard InChI is InChI=1S/C19H15F6N3O2S/c1-31(29,30)13-9-7-12(8-10-13)15-14(11-5-3-2-4-6-11)27-16(28-15)17(26,18(20,21)22)19(23,24)25/h2-10H,26H2,1H3,(H,27,28). The second-order valence-corrected chi connectivity index (χ2v) is 8.79. The van der Waals surface area contributed by atoms with E-state index in [-0.39, 0.29) is 27.4 Å². The largest absolute Gasteiger partial charge is 0.422 e. The molecule has 31 heavy (non-hydrogen) atoms. The number of hydrogen-bond donors (Lipinski definition) is 2. The summed E-state index contributed by atoms with van der Waals surface area (Å²) >= 11 is 0. The van der Waals surface area contributed by atoms with Crippen LogP contribution >= 0.6 is 0 Å². The summed E-state index contributed by atoms with van der Waals surface area (Å²) in [5.41, 5.74) is 0.106. The summed E-state index contributed by atoms with van der Waals surface area (Å²) in [6.45, 7) is 0. The fourth-order valence-corrected chi connectivity index (χ4v) is 3.50. The molecule has 0 saturated heterocycles. The number of H-pyrrole nitrogens is 1. The molecule has 1 aromatic heterocycles. The second-order valence-electron chi connectivity index (χ2n) is 6.78. The van der Waals surface area contributed by atoms with E-state index in [9.17, 15) is 34.8 Å². The van der Waals surface area contributed by atoms with Crippen LogP contribution in [0.4, 0.5) is 26.3 Å². The summed E-state index contributed by atoms with van der Waals surface area (Å²) in [4.78, 5) is 5.60. The molecule has 12 heteroatoms. The maximum Gasteiger partial charge on any atom is 0.422 e. The molecule has 3 rings (SSSR count). The number of aromatic amines is 1. The zero-order valence-electron chi connectivity index (χ0n) is 15.7. The number of hydrogen-bond acceptors (Lipinski definition) is 4. The highest BCUT2D eigenvalue weighted by molar-refractivity contribution is 7.90. The second kappa shape index (κ2) is 7.38. The maximum atomic E-state index is 13.4. The third-order valence-corrected chi connectivity index (χ3v) is 5.72. The molecule has 166 valence electrons. The number of benzene rings is 2. The van der Waals surface area contributed by atoms with Crippen molar-refractivity contribution in [3.8, 4) is 22.5 Å². The van der Waals surface area contributed by atoms with E-state index < -0.39 is 33.6 Å². The Kier molecular flexibility index (Phi) is 5.43. The first-order valence-corrected chi connectivity index (χ1v) is 10.4. The highest BCUT2D eigenvalue weighted by Crippen LogP contribution is 2.48. The minimum Gasteiger partial charge on any atom is -0.339 e. The molecule has 3 N–H and O–H groups in total. The number of sulfone groups is 1. The predicted octanol–water partition coefficient (Wildman–Crippen LogP) is 4.43. The van der Waals surface area contributed by atoms with E-state index in [0.717, 1.165) is 6.26 Å². The van der Waals surface area contributed by atoms with E-state index in [1.807, 2.05) is 0 Å². The molecule has 0 saturated carbocycles. The molecule has 0 amide bonds. The number of rotatable bonds is 4. The number of nitrogens with zero attached hydrogens (tertiary/aromatic N) is 1. The first kappa shape index (κ1) is 22.8. The van der Waals surface area contributed by atoms with Crippen LogP contribution in [0.2, 0.25) is 0 Å². The Morgan fingerprint density at radius 3 is 1.81 bits per heavy atom. The Hall–Kier alpha value is -2.86. The van der Waals surface area contributed by atoms with Gasteiger partial charge in [-0.15, -0.1) is 0 Å². The van der Waals surface area contributed by atoms with Crippen molar-refractivity contribution in [2.75, 3.05) is 6.26 Å². The SMILES string of the molecule is CS(=O)(=O)c1ccc(-c2[nH]c(C(N)(C(F)(F)F)C(F)(F)F)nc2-c2ccccc2)cc1. The van der Waals surface area contributed by atoms with Crippen LogP contribution in [0.1, 0.15) is 5.82 Å². The minimum atomic E-state index is -5.89. The van der Waals surface area contributed by atoms with Crippen molar-refractivity contribution in [1.29, 1.82) is 0 Å². The first-order chi connectivity index (χ1) is 14.2. The first-order valence-electron chi connectivity index (χ1n) is 8.55. The van der Waals surface area contributed by atoms with E-state index in [0.29, 0.717) is 0 Å². The molecule has 0 aliphatic rings. The van der Waals surface area contributed by atoms with Gasteiger partial charge in [-0.25, -0.2) is 13.4 Å². The van der Waals surface area contributed by atoms with Crippen molar-refractivity contribution in [3.63, 3.8) is 0 Å². The molecule has 2 aromatic carbocycles.